The summed E-state index contributed by atoms with van der Waals surface area (Å²) < 4.78 is 4.59. The monoisotopic (exact) mass is 447 g/mol. The molecule has 0 saturated heterocycles. The average molecular weight is 448 g/mol. The molecule has 0 bridgehead atoms. The molecule has 180 valence electrons. The Morgan fingerprint density at radius 3 is 1.39 bits per heavy atom. The second-order valence-corrected chi connectivity index (χ2v) is 4.38. The molecule has 31 heavy (non-hydrogen) atoms. The van der Waals surface area contributed by atoms with Crippen LogP contribution in [0, 0.1) is 0 Å². The van der Waals surface area contributed by atoms with Gasteiger partial charge in [-0.1, -0.05) is 33.6 Å². The van der Waals surface area contributed by atoms with Gasteiger partial charge in [-0.3, -0.25) is 0 Å². The highest BCUT2D eigenvalue weighted by Crippen LogP contribution is 1.89. The van der Waals surface area contributed by atoms with Crippen LogP contribution in [0.2, 0.25) is 0 Å². The summed E-state index contributed by atoms with van der Waals surface area (Å²) in [4.78, 5) is 39.3. The van der Waals surface area contributed by atoms with Gasteiger partial charge in [0.05, 0.1) is 0 Å². The van der Waals surface area contributed by atoms with E-state index in [0.29, 0.717) is 30.8 Å². The van der Waals surface area contributed by atoms with E-state index in [1.165, 1.54) is 0 Å². The van der Waals surface area contributed by atoms with Crippen LogP contribution in [0.4, 0.5) is 0 Å². The van der Waals surface area contributed by atoms with Gasteiger partial charge < -0.3 is 36.6 Å². The van der Waals surface area contributed by atoms with Crippen molar-refractivity contribution in [3.63, 3.8) is 0 Å². The molecule has 0 amide bonds. The lowest BCUT2D eigenvalue weighted by molar-refractivity contribution is -0.294. The van der Waals surface area contributed by atoms with Crippen molar-refractivity contribution in [2.24, 2.45) is 11.5 Å². The molecule has 0 aliphatic rings. The molecule has 0 saturated carbocycles. The minimum atomic E-state index is -1.26. The molecule has 0 heterocycles. The summed E-state index contributed by atoms with van der Waals surface area (Å²) in [5, 5.41) is 33.4. The van der Waals surface area contributed by atoms with Crippen molar-refractivity contribution >= 4 is 23.9 Å². The zero-order valence-electron chi connectivity index (χ0n) is 16.1. The fourth-order valence-electron chi connectivity index (χ4n) is 0.582. The standard InChI is InChI=1S/C6H11NO2.C5H6O3.C4H4O4.C3H7N.2CH4/c1-5(2)6(8)9-4-3-7;1-4(6)2-3-5(7)8;5-3(6)1-2-4(7)8;1-2-3-4;;/h1,3-4,7H2,2H3;2-3,6H,1H2,(H,7,8);1-2H,(H,5,6)(H,7,8);2H,1,3-4H2;2*1H4/p-1/b;3-2-;2-1-;;;. The quantitative estimate of drug-likeness (QED) is 0.115. The van der Waals surface area contributed by atoms with E-state index in [1.807, 2.05) is 0 Å². The van der Waals surface area contributed by atoms with Crippen molar-refractivity contribution < 1.29 is 44.3 Å². The number of carboxylic acid groups (broad SMARTS) is 3. The maximum Gasteiger partial charge on any atom is 0.333 e. The normalized spacial score (nSPS) is 8.23. The molecule has 11 heteroatoms. The highest BCUT2D eigenvalue weighted by atomic mass is 16.5. The van der Waals surface area contributed by atoms with Crippen LogP contribution < -0.4 is 16.6 Å². The number of allylic oxidation sites excluding steroid dienone is 1. The second kappa shape index (κ2) is 31.0. The number of carbonyl (C=O) groups excluding carboxylic acids is 1. The molecular formula is C20H35N2O9-. The Labute approximate surface area is 183 Å². The Balaban J connectivity index is -0.0000000677. The first-order chi connectivity index (χ1) is 13.3. The summed E-state index contributed by atoms with van der Waals surface area (Å²) in [6.07, 6.45) is 4.41. The molecule has 11 nitrogen and oxygen atoms in total. The summed E-state index contributed by atoms with van der Waals surface area (Å²) in [6, 6.07) is 0. The number of carboxylic acids is 3. The van der Waals surface area contributed by atoms with Crippen LogP contribution in [0.1, 0.15) is 21.8 Å². The topological polar surface area (TPSA) is 213 Å². The van der Waals surface area contributed by atoms with E-state index in [4.69, 9.17) is 26.8 Å². The number of aliphatic carboxylic acids is 3. The van der Waals surface area contributed by atoms with Crippen molar-refractivity contribution in [2.75, 3.05) is 19.7 Å². The molecule has 0 rings (SSSR count). The van der Waals surface area contributed by atoms with E-state index in [1.54, 1.807) is 13.0 Å². The third kappa shape index (κ3) is 66.3. The van der Waals surface area contributed by atoms with E-state index in [-0.39, 0.29) is 27.4 Å². The predicted molar refractivity (Wildman–Crippen MR) is 118 cm³/mol. The minimum absolute atomic E-state index is 0. The predicted octanol–water partition coefficient (Wildman–Crippen LogP) is 0.681. The maximum atomic E-state index is 10.5. The highest BCUT2D eigenvalue weighted by molar-refractivity contribution is 5.89. The Bertz CT molecular complexity index is 544. The SMILES string of the molecule is C.C.C=C(C)C(=O)OCCN.C=C([O-])/C=C\C(=O)O.C=CCN.O=C(O)/C=C\C(=O)O. The summed E-state index contributed by atoms with van der Waals surface area (Å²) in [6.45, 7) is 12.5. The van der Waals surface area contributed by atoms with Crippen LogP contribution in [0.5, 0.6) is 0 Å². The number of ether oxygens (including phenoxy) is 1. The maximum absolute atomic E-state index is 10.5. The fraction of sp³-hybridized carbons (Fsp3) is 0.300. The van der Waals surface area contributed by atoms with Gasteiger partial charge >= 0.3 is 23.9 Å². The van der Waals surface area contributed by atoms with Crippen LogP contribution >= 0.6 is 0 Å². The van der Waals surface area contributed by atoms with Crippen molar-refractivity contribution in [1.82, 2.24) is 0 Å². The Kier molecular flexibility index (Phi) is 41.6. The lowest BCUT2D eigenvalue weighted by Gasteiger charge is -1.99. The van der Waals surface area contributed by atoms with Crippen LogP contribution in [-0.4, -0.2) is 58.9 Å². The number of hydrogen-bond donors (Lipinski definition) is 5. The molecule has 0 aromatic carbocycles. The van der Waals surface area contributed by atoms with Gasteiger partial charge in [0, 0.05) is 36.9 Å². The smallest absolute Gasteiger partial charge is 0.333 e. The van der Waals surface area contributed by atoms with Crippen LogP contribution in [-0.2, 0) is 23.9 Å². The third-order valence-corrected chi connectivity index (χ3v) is 1.65. The number of carbonyl (C=O) groups is 4. The second-order valence-electron chi connectivity index (χ2n) is 4.38. The largest absolute Gasteiger partial charge is 0.873 e. The molecule has 0 spiro atoms. The van der Waals surface area contributed by atoms with E-state index in [2.05, 4.69) is 24.5 Å². The van der Waals surface area contributed by atoms with Gasteiger partial charge in [-0.15, -0.1) is 18.9 Å². The molecule has 0 atom stereocenters. The first-order valence-corrected chi connectivity index (χ1v) is 7.60. The van der Waals surface area contributed by atoms with E-state index >= 15 is 0 Å². The van der Waals surface area contributed by atoms with E-state index in [0.717, 1.165) is 12.2 Å². The molecule has 0 fully saturated rings. The third-order valence-electron chi connectivity index (χ3n) is 1.65. The molecule has 7 N–H and O–H groups in total. The van der Waals surface area contributed by atoms with Crippen LogP contribution in [0.25, 0.3) is 0 Å². The van der Waals surface area contributed by atoms with E-state index < -0.39 is 23.7 Å². The van der Waals surface area contributed by atoms with Gasteiger partial charge in [0.2, 0.25) is 0 Å². The number of rotatable bonds is 8. The Morgan fingerprint density at radius 2 is 1.23 bits per heavy atom. The fourth-order valence-corrected chi connectivity index (χ4v) is 0.582. The molecule has 0 unspecified atom stereocenters. The lowest BCUT2D eigenvalue weighted by Crippen LogP contribution is -2.13. The lowest BCUT2D eigenvalue weighted by atomic mass is 10.4. The van der Waals surface area contributed by atoms with Gasteiger partial charge in [-0.2, -0.15) is 0 Å². The van der Waals surface area contributed by atoms with Crippen LogP contribution in [0.15, 0.2) is 61.4 Å². The van der Waals surface area contributed by atoms with Gasteiger partial charge in [-0.25, -0.2) is 19.2 Å². The number of hydrogen-bond acceptors (Lipinski definition) is 8. The van der Waals surface area contributed by atoms with E-state index in [9.17, 15) is 24.3 Å². The summed E-state index contributed by atoms with van der Waals surface area (Å²) in [7, 11) is 0. The molecule has 0 aliphatic heterocycles. The molecule has 0 aromatic heterocycles. The zero-order chi connectivity index (χ0) is 23.8. The summed E-state index contributed by atoms with van der Waals surface area (Å²) >= 11 is 0. The van der Waals surface area contributed by atoms with Crippen molar-refractivity contribution in [3.8, 4) is 0 Å². The molecule has 0 radical (unpaired) electrons. The van der Waals surface area contributed by atoms with Gasteiger partial charge in [-0.05, 0) is 6.92 Å². The van der Waals surface area contributed by atoms with Gasteiger partial charge in [0.15, 0.2) is 0 Å². The minimum Gasteiger partial charge on any atom is -0.873 e. The van der Waals surface area contributed by atoms with Crippen molar-refractivity contribution in [1.29, 1.82) is 0 Å². The average Bonchev–Trinajstić information content (AvgIpc) is 2.63. The number of esters is 1. The first kappa shape index (κ1) is 41.6. The Morgan fingerprint density at radius 1 is 0.903 bits per heavy atom. The van der Waals surface area contributed by atoms with Crippen molar-refractivity contribution in [3.05, 3.63) is 61.4 Å². The first-order valence-electron chi connectivity index (χ1n) is 7.60. The van der Waals surface area contributed by atoms with Crippen LogP contribution in [0.3, 0.4) is 0 Å². The zero-order valence-corrected chi connectivity index (χ0v) is 16.1. The summed E-state index contributed by atoms with van der Waals surface area (Å²) in [5.41, 5.74) is 10.4. The van der Waals surface area contributed by atoms with Crippen molar-refractivity contribution in [2.45, 2.75) is 21.8 Å². The molecule has 0 aliphatic carbocycles. The van der Waals surface area contributed by atoms with Gasteiger partial charge in [0.1, 0.15) is 6.61 Å². The van der Waals surface area contributed by atoms with Gasteiger partial charge in [0.25, 0.3) is 0 Å². The number of nitrogens with two attached hydrogens (primary N) is 2. The molecular weight excluding hydrogens is 412 g/mol. The molecule has 0 aromatic rings. The summed E-state index contributed by atoms with van der Waals surface area (Å²) in [5.74, 6) is -4.53. The highest BCUT2D eigenvalue weighted by Gasteiger charge is 1.99. The Hall–Kier alpha value is -3.70.